The van der Waals surface area contributed by atoms with Crippen LogP contribution in [0, 0.1) is 0 Å². The molecule has 112 valence electrons. The van der Waals surface area contributed by atoms with Crippen LogP contribution in [-0.2, 0) is 0 Å². The maximum atomic E-state index is 13.1. The molecular weight excluding hydrogens is 340 g/mol. The van der Waals surface area contributed by atoms with Gasteiger partial charge in [-0.2, -0.15) is 30.7 Å². The molecule has 20 heavy (non-hydrogen) atoms. The first-order valence-corrected chi connectivity index (χ1v) is 5.40. The molecule has 0 unspecified atom stereocenters. The van der Waals surface area contributed by atoms with Crippen molar-refractivity contribution in [2.75, 3.05) is 0 Å². The predicted octanol–water partition coefficient (Wildman–Crippen LogP) is 5.01. The molecule has 1 aromatic rings. The van der Waals surface area contributed by atoms with Crippen molar-refractivity contribution in [3.8, 4) is 0 Å². The molecule has 1 rings (SSSR count). The molecule has 0 N–H and O–H groups in total. The second-order valence-electron chi connectivity index (χ2n) is 3.60. The molecule has 0 radical (unpaired) electrons. The summed E-state index contributed by atoms with van der Waals surface area (Å²) < 4.78 is 87.5. The fourth-order valence-electron chi connectivity index (χ4n) is 1.16. The van der Waals surface area contributed by atoms with E-state index in [0.29, 0.717) is 6.07 Å². The van der Waals surface area contributed by atoms with Crippen molar-refractivity contribution in [2.45, 2.75) is 18.0 Å². The second kappa shape index (κ2) is 5.07. The standard InChI is InChI=1S/C10H3Cl2F7O/c11-4-1-2-5(6(12)3-4)7(20)8(13,14)9(15,16)10(17,18)19/h1-3H. The van der Waals surface area contributed by atoms with Gasteiger partial charge in [0.05, 0.1) is 5.02 Å². The third-order valence-corrected chi connectivity index (χ3v) is 2.76. The number of alkyl halides is 7. The minimum atomic E-state index is -6.59. The van der Waals surface area contributed by atoms with E-state index in [1.54, 1.807) is 0 Å². The third-order valence-electron chi connectivity index (χ3n) is 2.21. The highest BCUT2D eigenvalue weighted by atomic mass is 35.5. The van der Waals surface area contributed by atoms with Gasteiger partial charge < -0.3 is 0 Å². The Labute approximate surface area is 117 Å². The van der Waals surface area contributed by atoms with Gasteiger partial charge in [-0.05, 0) is 18.2 Å². The molecule has 0 bridgehead atoms. The molecule has 0 aliphatic carbocycles. The number of hydrogen-bond acceptors (Lipinski definition) is 1. The van der Waals surface area contributed by atoms with E-state index in [1.165, 1.54) is 0 Å². The molecule has 10 heteroatoms. The Hall–Kier alpha value is -1.02. The maximum absolute atomic E-state index is 13.1. The van der Waals surface area contributed by atoms with Gasteiger partial charge in [0.25, 0.3) is 0 Å². The van der Waals surface area contributed by atoms with Crippen LogP contribution in [-0.4, -0.2) is 23.8 Å². The van der Waals surface area contributed by atoms with Crippen LogP contribution in [0.25, 0.3) is 0 Å². The van der Waals surface area contributed by atoms with E-state index in [1.807, 2.05) is 0 Å². The van der Waals surface area contributed by atoms with Crippen LogP contribution < -0.4 is 0 Å². The van der Waals surface area contributed by atoms with Gasteiger partial charge in [-0.3, -0.25) is 4.79 Å². The minimum absolute atomic E-state index is 0.113. The fraction of sp³-hybridized carbons (Fsp3) is 0.300. The van der Waals surface area contributed by atoms with E-state index >= 15 is 0 Å². The molecule has 0 aliphatic heterocycles. The summed E-state index contributed by atoms with van der Waals surface area (Å²) in [5.41, 5.74) is -1.19. The number of halogens is 9. The van der Waals surface area contributed by atoms with Crippen molar-refractivity contribution in [3.05, 3.63) is 33.8 Å². The van der Waals surface area contributed by atoms with Gasteiger partial charge in [-0.25, -0.2) is 0 Å². The summed E-state index contributed by atoms with van der Waals surface area (Å²) >= 11 is 10.7. The van der Waals surface area contributed by atoms with Crippen molar-refractivity contribution < 1.29 is 35.5 Å². The summed E-state index contributed by atoms with van der Waals surface area (Å²) in [5, 5.41) is -0.877. The molecule has 0 atom stereocenters. The number of hydrogen-bond donors (Lipinski definition) is 0. The Kier molecular flexibility index (Phi) is 4.32. The first-order chi connectivity index (χ1) is 8.82. The van der Waals surface area contributed by atoms with Crippen molar-refractivity contribution in [3.63, 3.8) is 0 Å². The maximum Gasteiger partial charge on any atom is 0.460 e. The fourth-order valence-corrected chi connectivity index (χ4v) is 1.66. The molecule has 0 fully saturated rings. The average Bonchev–Trinajstić information content (AvgIpc) is 2.26. The van der Waals surface area contributed by atoms with Crippen molar-refractivity contribution in [1.29, 1.82) is 0 Å². The summed E-state index contributed by atoms with van der Waals surface area (Å²) in [5.74, 6) is -15.3. The summed E-state index contributed by atoms with van der Waals surface area (Å²) in [7, 11) is 0. The molecule has 0 heterocycles. The van der Waals surface area contributed by atoms with E-state index in [9.17, 15) is 35.5 Å². The summed E-state index contributed by atoms with van der Waals surface area (Å²) in [4.78, 5) is 11.2. The SMILES string of the molecule is O=C(c1ccc(Cl)cc1Cl)C(F)(F)C(F)(F)C(F)(F)F. The van der Waals surface area contributed by atoms with E-state index in [-0.39, 0.29) is 5.02 Å². The van der Waals surface area contributed by atoms with Gasteiger partial charge in [0.1, 0.15) is 0 Å². The lowest BCUT2D eigenvalue weighted by atomic mass is 10.00. The average molecular weight is 343 g/mol. The van der Waals surface area contributed by atoms with Crippen LogP contribution in [0.1, 0.15) is 10.4 Å². The highest BCUT2D eigenvalue weighted by molar-refractivity contribution is 6.37. The zero-order valence-corrected chi connectivity index (χ0v) is 10.6. The highest BCUT2D eigenvalue weighted by Gasteiger charge is 2.76. The van der Waals surface area contributed by atoms with Gasteiger partial charge in [-0.1, -0.05) is 23.2 Å². The van der Waals surface area contributed by atoms with Crippen molar-refractivity contribution in [2.24, 2.45) is 0 Å². The van der Waals surface area contributed by atoms with Crippen molar-refractivity contribution >= 4 is 29.0 Å². The van der Waals surface area contributed by atoms with Crippen LogP contribution in [0.3, 0.4) is 0 Å². The molecule has 0 aromatic heterocycles. The lowest BCUT2D eigenvalue weighted by molar-refractivity contribution is -0.339. The van der Waals surface area contributed by atoms with Gasteiger partial charge in [0, 0.05) is 10.6 Å². The van der Waals surface area contributed by atoms with Gasteiger partial charge in [0.15, 0.2) is 0 Å². The lowest BCUT2D eigenvalue weighted by Crippen LogP contribution is -2.56. The Morgan fingerprint density at radius 3 is 1.85 bits per heavy atom. The quantitative estimate of drug-likeness (QED) is 0.557. The number of rotatable bonds is 3. The van der Waals surface area contributed by atoms with Gasteiger partial charge >= 0.3 is 18.0 Å². The van der Waals surface area contributed by atoms with E-state index in [4.69, 9.17) is 23.2 Å². The van der Waals surface area contributed by atoms with Crippen LogP contribution in [0.15, 0.2) is 18.2 Å². The van der Waals surface area contributed by atoms with Crippen molar-refractivity contribution in [1.82, 2.24) is 0 Å². The lowest BCUT2D eigenvalue weighted by Gasteiger charge is -2.27. The predicted molar refractivity (Wildman–Crippen MR) is 56.7 cm³/mol. The molecular formula is C10H3Cl2F7O. The molecule has 0 saturated heterocycles. The number of Topliss-reactive ketones (excluding diaryl/α,β-unsaturated/α-hetero) is 1. The zero-order chi connectivity index (χ0) is 15.9. The van der Waals surface area contributed by atoms with Crippen LogP contribution >= 0.6 is 23.2 Å². The monoisotopic (exact) mass is 342 g/mol. The molecule has 0 aliphatic rings. The smallest absolute Gasteiger partial charge is 0.287 e. The molecule has 1 nitrogen and oxygen atoms in total. The largest absolute Gasteiger partial charge is 0.460 e. The van der Waals surface area contributed by atoms with Crippen LogP contribution in [0.4, 0.5) is 30.7 Å². The molecule has 0 saturated carbocycles. The minimum Gasteiger partial charge on any atom is -0.287 e. The zero-order valence-electron chi connectivity index (χ0n) is 9.04. The Bertz CT molecular complexity index is 539. The van der Waals surface area contributed by atoms with Crippen LogP contribution in [0.2, 0.25) is 10.0 Å². The second-order valence-corrected chi connectivity index (χ2v) is 4.44. The molecule has 0 spiro atoms. The van der Waals surface area contributed by atoms with E-state index in [2.05, 4.69) is 0 Å². The number of benzene rings is 1. The van der Waals surface area contributed by atoms with Gasteiger partial charge in [-0.15, -0.1) is 0 Å². The Balaban J connectivity index is 3.32. The number of carbonyl (C=O) groups is 1. The summed E-state index contributed by atoms with van der Waals surface area (Å²) in [6.07, 6.45) is -6.59. The number of ketones is 1. The normalized spacial score (nSPS) is 13.4. The highest BCUT2D eigenvalue weighted by Crippen LogP contribution is 2.48. The first-order valence-electron chi connectivity index (χ1n) is 4.64. The Morgan fingerprint density at radius 1 is 0.950 bits per heavy atom. The summed E-state index contributed by atoms with van der Waals surface area (Å²) in [6.45, 7) is 0. The molecule has 1 aromatic carbocycles. The number of carbonyl (C=O) groups excluding carboxylic acids is 1. The topological polar surface area (TPSA) is 17.1 Å². The first kappa shape index (κ1) is 17.0. The van der Waals surface area contributed by atoms with Gasteiger partial charge in [0.2, 0.25) is 5.78 Å². The molecule has 0 amide bonds. The van der Waals surface area contributed by atoms with Crippen LogP contribution in [0.5, 0.6) is 0 Å². The third kappa shape index (κ3) is 2.71. The van der Waals surface area contributed by atoms with E-state index < -0.39 is 34.4 Å². The Morgan fingerprint density at radius 2 is 1.45 bits per heavy atom. The van der Waals surface area contributed by atoms with E-state index in [0.717, 1.165) is 12.1 Å². The summed E-state index contributed by atoms with van der Waals surface area (Å²) in [6, 6.07) is 2.15.